The molecule has 3 nitrogen and oxygen atoms in total. The van der Waals surface area contributed by atoms with Crippen LogP contribution in [0.2, 0.25) is 0 Å². The number of carbonyl (C=O) groups is 1. The number of aryl methyl sites for hydroxylation is 1. The number of nitrogens with zero attached hydrogens (tertiary/aromatic N) is 1. The summed E-state index contributed by atoms with van der Waals surface area (Å²) in [4.78, 5) is 12.6. The van der Waals surface area contributed by atoms with Crippen LogP contribution in [0.25, 0.3) is 0 Å². The third-order valence-electron chi connectivity index (χ3n) is 4.51. The van der Waals surface area contributed by atoms with E-state index in [4.69, 9.17) is 4.74 Å². The molecule has 0 spiro atoms. The van der Waals surface area contributed by atoms with Crippen LogP contribution in [0.15, 0.2) is 42.5 Å². The maximum atomic E-state index is 12.6. The van der Waals surface area contributed by atoms with E-state index in [1.165, 1.54) is 5.56 Å². The molecule has 0 aliphatic carbocycles. The van der Waals surface area contributed by atoms with Crippen LogP contribution in [-0.2, 0) is 6.42 Å². The molecular formula is C20H22NO2+. The van der Waals surface area contributed by atoms with E-state index in [1.807, 2.05) is 43.3 Å². The molecule has 0 N–H and O–H groups in total. The molecule has 1 unspecified atom stereocenters. The Morgan fingerprint density at radius 2 is 2.04 bits per heavy atom. The molecule has 3 rings (SSSR count). The molecule has 118 valence electrons. The summed E-state index contributed by atoms with van der Waals surface area (Å²) in [7, 11) is 1.67. The third-order valence-corrected chi connectivity index (χ3v) is 4.51. The van der Waals surface area contributed by atoms with Gasteiger partial charge in [0.05, 0.1) is 7.11 Å². The highest BCUT2D eigenvalue weighted by atomic mass is 16.5. The van der Waals surface area contributed by atoms with Gasteiger partial charge in [0.1, 0.15) is 5.75 Å². The zero-order chi connectivity index (χ0) is 16.4. The van der Waals surface area contributed by atoms with Crippen LogP contribution in [0.5, 0.6) is 5.75 Å². The second-order valence-electron chi connectivity index (χ2n) is 6.16. The van der Waals surface area contributed by atoms with E-state index in [9.17, 15) is 4.79 Å². The van der Waals surface area contributed by atoms with E-state index in [1.54, 1.807) is 7.11 Å². The average molecular weight is 308 g/mol. The van der Waals surface area contributed by atoms with Crippen molar-refractivity contribution >= 4 is 12.0 Å². The van der Waals surface area contributed by atoms with Gasteiger partial charge < -0.3 is 4.74 Å². The first-order valence-corrected chi connectivity index (χ1v) is 7.95. The van der Waals surface area contributed by atoms with E-state index in [0.29, 0.717) is 12.6 Å². The van der Waals surface area contributed by atoms with Gasteiger partial charge in [-0.05, 0) is 37.1 Å². The van der Waals surface area contributed by atoms with E-state index >= 15 is 0 Å². The van der Waals surface area contributed by atoms with Crippen molar-refractivity contribution in [3.05, 3.63) is 64.7 Å². The van der Waals surface area contributed by atoms with Crippen molar-refractivity contribution < 1.29 is 14.1 Å². The summed E-state index contributed by atoms with van der Waals surface area (Å²) in [5, 5.41) is 0. The van der Waals surface area contributed by atoms with Crippen molar-refractivity contribution in [2.24, 2.45) is 0 Å². The number of carbonyl (C=O) groups excluding carboxylic acids is 1. The van der Waals surface area contributed by atoms with E-state index in [-0.39, 0.29) is 5.78 Å². The zero-order valence-electron chi connectivity index (χ0n) is 13.9. The van der Waals surface area contributed by atoms with Crippen molar-refractivity contribution in [1.29, 1.82) is 0 Å². The lowest BCUT2D eigenvalue weighted by atomic mass is 9.96. The van der Waals surface area contributed by atoms with Crippen molar-refractivity contribution in [2.75, 3.05) is 13.7 Å². The summed E-state index contributed by atoms with van der Waals surface area (Å²) in [6.07, 6.45) is 3.03. The van der Waals surface area contributed by atoms with Crippen molar-refractivity contribution in [3.63, 3.8) is 0 Å². The molecule has 0 amide bonds. The molecule has 1 atom stereocenters. The molecule has 0 radical (unpaired) electrons. The molecule has 0 fully saturated rings. The van der Waals surface area contributed by atoms with Crippen LogP contribution in [0.3, 0.4) is 0 Å². The van der Waals surface area contributed by atoms with Crippen molar-refractivity contribution in [3.8, 4) is 5.75 Å². The summed E-state index contributed by atoms with van der Waals surface area (Å²) >= 11 is 0. The Bertz CT molecular complexity index is 777. The number of methoxy groups -OCH3 is 1. The molecule has 0 bridgehead atoms. The predicted octanol–water partition coefficient (Wildman–Crippen LogP) is 3.26. The highest BCUT2D eigenvalue weighted by Crippen LogP contribution is 2.21. The highest BCUT2D eigenvalue weighted by Gasteiger charge is 2.26. The summed E-state index contributed by atoms with van der Waals surface area (Å²) in [6.45, 7) is 4.55. The van der Waals surface area contributed by atoms with Crippen LogP contribution in [0, 0.1) is 6.92 Å². The van der Waals surface area contributed by atoms with Crippen molar-refractivity contribution in [1.82, 2.24) is 0 Å². The smallest absolute Gasteiger partial charge is 0.227 e. The maximum Gasteiger partial charge on any atom is 0.227 e. The number of hydrogen-bond donors (Lipinski definition) is 0. The van der Waals surface area contributed by atoms with Crippen LogP contribution >= 0.6 is 0 Å². The van der Waals surface area contributed by atoms with Gasteiger partial charge in [0, 0.05) is 17.5 Å². The van der Waals surface area contributed by atoms with Gasteiger partial charge in [0.2, 0.25) is 12.3 Å². The van der Waals surface area contributed by atoms with E-state index in [0.717, 1.165) is 28.9 Å². The van der Waals surface area contributed by atoms with E-state index in [2.05, 4.69) is 23.8 Å². The molecule has 2 aromatic rings. The minimum atomic E-state index is 0.164. The standard InChI is InChI=1S/C20H22NO2/c1-14-6-4-5-7-19(14)20(22)13-21-12-17-11-18(23-3)9-8-16(17)10-15(21)2/h4-9,11-12,15H,10,13H2,1-3H3/q+1. The number of benzene rings is 2. The topological polar surface area (TPSA) is 29.3 Å². The van der Waals surface area contributed by atoms with Gasteiger partial charge in [-0.15, -0.1) is 0 Å². The Balaban J connectivity index is 1.88. The Hall–Kier alpha value is -2.42. The SMILES string of the molecule is COc1ccc2c(c1)C=[N+](CC(=O)c1ccccc1C)C(C)C2. The largest absolute Gasteiger partial charge is 0.497 e. The normalized spacial score (nSPS) is 16.5. The molecule has 1 heterocycles. The number of ether oxygens (including phenoxy) is 1. The van der Waals surface area contributed by atoms with Gasteiger partial charge in [-0.25, -0.2) is 4.58 Å². The molecule has 1 aliphatic rings. The number of ketones is 1. The second kappa shape index (κ2) is 6.37. The molecule has 23 heavy (non-hydrogen) atoms. The minimum Gasteiger partial charge on any atom is -0.497 e. The van der Waals surface area contributed by atoms with Crippen LogP contribution in [0.1, 0.15) is 34.0 Å². The van der Waals surface area contributed by atoms with E-state index < -0.39 is 0 Å². The van der Waals surface area contributed by atoms with Gasteiger partial charge in [-0.1, -0.05) is 30.3 Å². The Kier molecular flexibility index (Phi) is 4.28. The lowest BCUT2D eigenvalue weighted by molar-refractivity contribution is -0.546. The average Bonchev–Trinajstić information content (AvgIpc) is 2.55. The van der Waals surface area contributed by atoms with Gasteiger partial charge in [0.15, 0.2) is 12.3 Å². The Morgan fingerprint density at radius 1 is 1.26 bits per heavy atom. The molecular weight excluding hydrogens is 286 g/mol. The van der Waals surface area contributed by atoms with Crippen LogP contribution in [0.4, 0.5) is 0 Å². The first-order valence-electron chi connectivity index (χ1n) is 7.95. The van der Waals surface area contributed by atoms with Crippen LogP contribution < -0.4 is 4.74 Å². The van der Waals surface area contributed by atoms with Gasteiger partial charge in [-0.3, -0.25) is 4.79 Å². The molecule has 2 aromatic carbocycles. The first-order chi connectivity index (χ1) is 11.1. The summed E-state index contributed by atoms with van der Waals surface area (Å²) < 4.78 is 7.44. The predicted molar refractivity (Wildman–Crippen MR) is 92.0 cm³/mol. The number of hydrogen-bond acceptors (Lipinski definition) is 2. The Morgan fingerprint density at radius 3 is 2.78 bits per heavy atom. The third kappa shape index (κ3) is 3.19. The fraction of sp³-hybridized carbons (Fsp3) is 0.300. The molecule has 1 aliphatic heterocycles. The van der Waals surface area contributed by atoms with Gasteiger partial charge in [0.25, 0.3) is 0 Å². The molecule has 0 aromatic heterocycles. The lowest BCUT2D eigenvalue weighted by Gasteiger charge is -2.19. The zero-order valence-corrected chi connectivity index (χ0v) is 13.9. The van der Waals surface area contributed by atoms with Crippen LogP contribution in [-0.4, -0.2) is 36.3 Å². The number of Topliss-reactive ketones (excluding diaryl/α,β-unsaturated/α-hetero) is 1. The number of rotatable bonds is 4. The van der Waals surface area contributed by atoms with Crippen molar-refractivity contribution in [2.45, 2.75) is 26.3 Å². The Labute approximate surface area is 137 Å². The first kappa shape index (κ1) is 15.5. The van der Waals surface area contributed by atoms with Gasteiger partial charge in [-0.2, -0.15) is 0 Å². The maximum absolute atomic E-state index is 12.6. The molecule has 0 saturated heterocycles. The van der Waals surface area contributed by atoms with Gasteiger partial charge >= 0.3 is 0 Å². The monoisotopic (exact) mass is 308 g/mol. The number of fused-ring (bicyclic) bond motifs is 1. The highest BCUT2D eigenvalue weighted by molar-refractivity contribution is 5.98. The second-order valence-corrected chi connectivity index (χ2v) is 6.16. The summed E-state index contributed by atoms with van der Waals surface area (Å²) in [5.74, 6) is 1.01. The molecule has 3 heteroatoms. The lowest BCUT2D eigenvalue weighted by Crippen LogP contribution is -2.35. The minimum absolute atomic E-state index is 0.164. The fourth-order valence-corrected chi connectivity index (χ4v) is 3.09. The quantitative estimate of drug-likeness (QED) is 0.641. The summed E-state index contributed by atoms with van der Waals surface area (Å²) in [5.41, 5.74) is 4.28. The fourth-order valence-electron chi connectivity index (χ4n) is 3.09. The summed E-state index contributed by atoms with van der Waals surface area (Å²) in [6, 6.07) is 14.2. The molecule has 0 saturated carbocycles.